The topological polar surface area (TPSA) is 97.6 Å². The molecule has 136 valence electrons. The quantitative estimate of drug-likeness (QED) is 0.590. The van der Waals surface area contributed by atoms with E-state index >= 15 is 0 Å². The van der Waals surface area contributed by atoms with E-state index in [1.54, 1.807) is 47.4 Å². The largest absolute Gasteiger partial charge is 0.341 e. The van der Waals surface area contributed by atoms with Crippen LogP contribution in [-0.2, 0) is 21.1 Å². The van der Waals surface area contributed by atoms with E-state index in [1.807, 2.05) is 0 Å². The van der Waals surface area contributed by atoms with Gasteiger partial charge in [-0.15, -0.1) is 0 Å². The zero-order chi connectivity index (χ0) is 18.7. The van der Waals surface area contributed by atoms with Gasteiger partial charge in [0, 0.05) is 25.2 Å². The monoisotopic (exact) mass is 374 g/mol. The Hall–Kier alpha value is -2.74. The van der Waals surface area contributed by atoms with Crippen LogP contribution in [0.5, 0.6) is 0 Å². The van der Waals surface area contributed by atoms with E-state index in [9.17, 15) is 23.3 Å². The van der Waals surface area contributed by atoms with Gasteiger partial charge in [-0.25, -0.2) is 8.42 Å². The summed E-state index contributed by atoms with van der Waals surface area (Å²) in [7, 11) is -3.46. The third kappa shape index (κ3) is 3.75. The highest BCUT2D eigenvalue weighted by Gasteiger charge is 2.35. The summed E-state index contributed by atoms with van der Waals surface area (Å²) in [6.45, 7) is 0.561. The molecule has 1 aliphatic rings. The number of amides is 1. The molecule has 0 aliphatic carbocycles. The molecule has 26 heavy (non-hydrogen) atoms. The van der Waals surface area contributed by atoms with Gasteiger partial charge < -0.3 is 4.90 Å². The number of rotatable bonds is 5. The third-order valence-corrected chi connectivity index (χ3v) is 6.70. The number of nitrogens with zero attached hydrogens (tertiary/aromatic N) is 2. The molecule has 0 N–H and O–H groups in total. The summed E-state index contributed by atoms with van der Waals surface area (Å²) < 4.78 is 25.3. The first-order valence-corrected chi connectivity index (χ1v) is 9.72. The minimum atomic E-state index is -3.46. The van der Waals surface area contributed by atoms with Gasteiger partial charge in [-0.2, -0.15) is 0 Å². The van der Waals surface area contributed by atoms with E-state index in [2.05, 4.69) is 0 Å². The second kappa shape index (κ2) is 7.25. The lowest BCUT2D eigenvalue weighted by atomic mass is 10.1. The maximum absolute atomic E-state index is 12.7. The van der Waals surface area contributed by atoms with Crippen molar-refractivity contribution >= 4 is 21.4 Å². The van der Waals surface area contributed by atoms with E-state index in [1.165, 1.54) is 12.1 Å². The van der Waals surface area contributed by atoms with Crippen LogP contribution in [0.25, 0.3) is 0 Å². The smallest absolute Gasteiger partial charge is 0.269 e. The SMILES string of the molecule is O=C(Cc1ccc([N+](=O)[O-])cc1)N1CCC(S(=O)(=O)c2ccccc2)C1. The first-order valence-electron chi connectivity index (χ1n) is 8.18. The van der Waals surface area contributed by atoms with E-state index in [0.717, 1.165) is 0 Å². The fraction of sp³-hybridized carbons (Fsp3) is 0.278. The van der Waals surface area contributed by atoms with Crippen molar-refractivity contribution in [1.82, 2.24) is 4.90 Å². The van der Waals surface area contributed by atoms with Crippen LogP contribution in [0.1, 0.15) is 12.0 Å². The zero-order valence-electron chi connectivity index (χ0n) is 13.9. The Morgan fingerprint density at radius 1 is 1.12 bits per heavy atom. The van der Waals surface area contributed by atoms with Crippen LogP contribution in [-0.4, -0.2) is 42.5 Å². The van der Waals surface area contributed by atoms with Crippen molar-refractivity contribution in [2.75, 3.05) is 13.1 Å². The normalized spacial score (nSPS) is 17.2. The summed E-state index contributed by atoms with van der Waals surface area (Å²) in [5, 5.41) is 10.1. The molecule has 2 aromatic carbocycles. The molecule has 3 rings (SSSR count). The average molecular weight is 374 g/mol. The van der Waals surface area contributed by atoms with Gasteiger partial charge >= 0.3 is 0 Å². The van der Waals surface area contributed by atoms with Crippen LogP contribution in [0.2, 0.25) is 0 Å². The lowest BCUT2D eigenvalue weighted by Gasteiger charge is -2.17. The molecule has 0 saturated carbocycles. The van der Waals surface area contributed by atoms with Crippen LogP contribution in [0.3, 0.4) is 0 Å². The number of hydrogen-bond acceptors (Lipinski definition) is 5. The molecule has 1 atom stereocenters. The number of benzene rings is 2. The molecule has 0 radical (unpaired) electrons. The van der Waals surface area contributed by atoms with Crippen molar-refractivity contribution in [2.45, 2.75) is 23.0 Å². The van der Waals surface area contributed by atoms with Gasteiger partial charge in [0.15, 0.2) is 9.84 Å². The highest BCUT2D eigenvalue weighted by Crippen LogP contribution is 2.24. The van der Waals surface area contributed by atoms with E-state index < -0.39 is 20.0 Å². The second-order valence-corrected chi connectivity index (χ2v) is 8.44. The van der Waals surface area contributed by atoms with Crippen molar-refractivity contribution in [3.63, 3.8) is 0 Å². The van der Waals surface area contributed by atoms with E-state index in [4.69, 9.17) is 0 Å². The van der Waals surface area contributed by atoms with Crippen LogP contribution >= 0.6 is 0 Å². The summed E-state index contributed by atoms with van der Waals surface area (Å²) in [6, 6.07) is 14.1. The molecule has 2 aromatic rings. The molecule has 1 fully saturated rings. The standard InChI is InChI=1S/C18H18N2O5S/c21-18(12-14-6-8-15(9-7-14)20(22)23)19-11-10-17(13-19)26(24,25)16-4-2-1-3-5-16/h1-9,17H,10-13H2. The summed E-state index contributed by atoms with van der Waals surface area (Å²) in [5.41, 5.74) is 0.631. The molecule has 1 saturated heterocycles. The molecular weight excluding hydrogens is 356 g/mol. The van der Waals surface area contributed by atoms with Gasteiger partial charge in [0.1, 0.15) is 0 Å². The van der Waals surface area contributed by atoms with Crippen molar-refractivity contribution in [2.24, 2.45) is 0 Å². The first kappa shape index (κ1) is 18.1. The van der Waals surface area contributed by atoms with Crippen LogP contribution < -0.4 is 0 Å². The van der Waals surface area contributed by atoms with Gasteiger partial charge in [0.05, 0.1) is 21.5 Å². The van der Waals surface area contributed by atoms with Gasteiger partial charge in [0.2, 0.25) is 5.91 Å². The molecule has 1 heterocycles. The van der Waals surface area contributed by atoms with Crippen molar-refractivity contribution in [3.8, 4) is 0 Å². The van der Waals surface area contributed by atoms with Crippen molar-refractivity contribution < 1.29 is 18.1 Å². The lowest BCUT2D eigenvalue weighted by molar-refractivity contribution is -0.384. The summed E-state index contributed by atoms with van der Waals surface area (Å²) in [6.07, 6.45) is 0.499. The Morgan fingerprint density at radius 2 is 1.77 bits per heavy atom. The number of nitro groups is 1. The van der Waals surface area contributed by atoms with Crippen LogP contribution in [0, 0.1) is 10.1 Å². The molecule has 8 heteroatoms. The predicted molar refractivity (Wildman–Crippen MR) is 95.4 cm³/mol. The van der Waals surface area contributed by atoms with E-state index in [0.29, 0.717) is 18.5 Å². The number of carbonyl (C=O) groups excluding carboxylic acids is 1. The number of hydrogen-bond donors (Lipinski definition) is 0. The average Bonchev–Trinajstić information content (AvgIpc) is 3.14. The number of carbonyl (C=O) groups is 1. The fourth-order valence-corrected chi connectivity index (χ4v) is 4.75. The highest BCUT2D eigenvalue weighted by atomic mass is 32.2. The molecule has 1 unspecified atom stereocenters. The maximum Gasteiger partial charge on any atom is 0.269 e. The van der Waals surface area contributed by atoms with Gasteiger partial charge in [0.25, 0.3) is 5.69 Å². The molecule has 0 spiro atoms. The minimum absolute atomic E-state index is 0.0311. The van der Waals surface area contributed by atoms with Gasteiger partial charge in [-0.1, -0.05) is 30.3 Å². The van der Waals surface area contributed by atoms with Crippen LogP contribution in [0.4, 0.5) is 5.69 Å². The number of sulfone groups is 1. The fourth-order valence-electron chi connectivity index (χ4n) is 3.03. The molecule has 1 amide bonds. The van der Waals surface area contributed by atoms with Crippen molar-refractivity contribution in [1.29, 1.82) is 0 Å². The molecule has 0 aromatic heterocycles. The Morgan fingerprint density at radius 3 is 2.38 bits per heavy atom. The minimum Gasteiger partial charge on any atom is -0.341 e. The predicted octanol–water partition coefficient (Wildman–Crippen LogP) is 2.21. The highest BCUT2D eigenvalue weighted by molar-refractivity contribution is 7.92. The number of likely N-dealkylation sites (tertiary alicyclic amines) is 1. The summed E-state index contributed by atoms with van der Waals surface area (Å²) in [5.74, 6) is -0.176. The molecule has 1 aliphatic heterocycles. The lowest BCUT2D eigenvalue weighted by Crippen LogP contribution is -2.32. The van der Waals surface area contributed by atoms with Crippen LogP contribution in [0.15, 0.2) is 59.5 Å². The Labute approximate surface area is 151 Å². The van der Waals surface area contributed by atoms with Crippen molar-refractivity contribution in [3.05, 3.63) is 70.3 Å². The molecule has 7 nitrogen and oxygen atoms in total. The summed E-state index contributed by atoms with van der Waals surface area (Å²) >= 11 is 0. The second-order valence-electron chi connectivity index (χ2n) is 6.21. The molecule has 0 bridgehead atoms. The zero-order valence-corrected chi connectivity index (χ0v) is 14.8. The maximum atomic E-state index is 12.7. The Kier molecular flexibility index (Phi) is 5.03. The van der Waals surface area contributed by atoms with Gasteiger partial charge in [-0.05, 0) is 24.1 Å². The molecular formula is C18H18N2O5S. The number of non-ortho nitro benzene ring substituents is 1. The Bertz CT molecular complexity index is 910. The Balaban J connectivity index is 1.65. The van der Waals surface area contributed by atoms with E-state index in [-0.39, 0.29) is 29.5 Å². The third-order valence-electron chi connectivity index (χ3n) is 4.51. The number of nitro benzene ring substituents is 1. The summed E-state index contributed by atoms with van der Waals surface area (Å²) in [4.78, 5) is 24.4. The van der Waals surface area contributed by atoms with Gasteiger partial charge in [-0.3, -0.25) is 14.9 Å². The first-order chi connectivity index (χ1) is 12.4.